The van der Waals surface area contributed by atoms with E-state index < -0.39 is 12.2 Å². The van der Waals surface area contributed by atoms with Crippen LogP contribution in [0.4, 0.5) is 15.3 Å². The number of alkyl carbamates (subject to hydrolysis) is 2. The Hall–Kier alpha value is -3.14. The smallest absolute Gasteiger partial charge is 0.407 e. The lowest BCUT2D eigenvalue weighted by atomic mass is 9.96. The van der Waals surface area contributed by atoms with Gasteiger partial charge in [0.15, 0.2) is 12.4 Å². The highest BCUT2D eigenvalue weighted by atomic mass is 79.9. The van der Waals surface area contributed by atoms with E-state index in [1.54, 1.807) is 11.0 Å². The second kappa shape index (κ2) is 15.2. The molecule has 10 heteroatoms. The van der Waals surface area contributed by atoms with Gasteiger partial charge < -0.3 is 25.0 Å². The molecule has 1 aromatic carbocycles. The van der Waals surface area contributed by atoms with Gasteiger partial charge in [-0.3, -0.25) is 4.79 Å². The molecule has 0 aliphatic heterocycles. The lowest BCUT2D eigenvalue weighted by Gasteiger charge is -2.23. The lowest BCUT2D eigenvalue weighted by Crippen LogP contribution is -2.39. The number of aryl methyl sites for hydroxylation is 1. The van der Waals surface area contributed by atoms with E-state index in [4.69, 9.17) is 9.47 Å². The van der Waals surface area contributed by atoms with Crippen LogP contribution in [0.5, 0.6) is 0 Å². The third-order valence-electron chi connectivity index (χ3n) is 6.01. The van der Waals surface area contributed by atoms with Gasteiger partial charge in [-0.1, -0.05) is 44.4 Å². The van der Waals surface area contributed by atoms with Crippen molar-refractivity contribution in [2.24, 2.45) is 0 Å². The molecule has 0 radical (unpaired) electrons. The van der Waals surface area contributed by atoms with Crippen molar-refractivity contribution in [2.75, 3.05) is 31.2 Å². The number of hydrogen-bond donors (Lipinski definition) is 2. The number of para-hydroxylation sites is 1. The van der Waals surface area contributed by atoms with Crippen LogP contribution in [0.25, 0.3) is 0 Å². The Morgan fingerprint density at radius 1 is 1.03 bits per heavy atom. The van der Waals surface area contributed by atoms with E-state index in [0.29, 0.717) is 11.3 Å². The highest BCUT2D eigenvalue weighted by Gasteiger charge is 2.22. The molecule has 9 nitrogen and oxygen atoms in total. The molecule has 0 atom stereocenters. The molecule has 1 aliphatic rings. The predicted molar refractivity (Wildman–Crippen MR) is 143 cm³/mol. The maximum atomic E-state index is 13.4. The van der Waals surface area contributed by atoms with Crippen molar-refractivity contribution in [1.82, 2.24) is 10.6 Å². The van der Waals surface area contributed by atoms with Gasteiger partial charge in [-0.2, -0.15) is 0 Å². The van der Waals surface area contributed by atoms with Crippen LogP contribution in [0.1, 0.15) is 55.8 Å². The summed E-state index contributed by atoms with van der Waals surface area (Å²) in [5, 5.41) is 5.43. The minimum absolute atomic E-state index is 0.00153. The summed E-state index contributed by atoms with van der Waals surface area (Å²) in [6, 6.07) is 11.2. The zero-order valence-electron chi connectivity index (χ0n) is 21.3. The Labute approximate surface area is 226 Å². The molecule has 37 heavy (non-hydrogen) atoms. The largest absolute Gasteiger partial charge is 0.448 e. The Kier molecular flexibility index (Phi) is 11.7. The van der Waals surface area contributed by atoms with E-state index in [1.165, 1.54) is 6.42 Å². The number of benzene rings is 1. The molecule has 0 saturated heterocycles. The summed E-state index contributed by atoms with van der Waals surface area (Å²) in [5.41, 5.74) is 1.23. The fourth-order valence-corrected chi connectivity index (χ4v) is 4.76. The number of pyridine rings is 1. The van der Waals surface area contributed by atoms with Crippen molar-refractivity contribution >= 4 is 39.7 Å². The summed E-state index contributed by atoms with van der Waals surface area (Å²) in [7, 11) is 0. The van der Waals surface area contributed by atoms with Crippen molar-refractivity contribution in [3.05, 3.63) is 58.8 Å². The van der Waals surface area contributed by atoms with E-state index in [9.17, 15) is 14.4 Å². The number of rotatable bonds is 11. The first-order chi connectivity index (χ1) is 18.0. The fraction of sp³-hybridized carbons (Fsp3) is 0.481. The Balaban J connectivity index is 1.47. The number of aromatic nitrogens is 1. The van der Waals surface area contributed by atoms with E-state index in [0.717, 1.165) is 43.1 Å². The van der Waals surface area contributed by atoms with Gasteiger partial charge in [-0.25, -0.2) is 14.2 Å². The highest BCUT2D eigenvalue weighted by Crippen LogP contribution is 2.19. The van der Waals surface area contributed by atoms with Gasteiger partial charge in [-0.05, 0) is 47.0 Å². The average Bonchev–Trinajstić information content (AvgIpc) is 2.90. The molecular weight excluding hydrogens is 540 g/mol. The summed E-state index contributed by atoms with van der Waals surface area (Å²) in [6.45, 7) is 3.22. The molecule has 200 valence electrons. The van der Waals surface area contributed by atoms with Crippen LogP contribution in [0, 0.1) is 0 Å². The summed E-state index contributed by atoms with van der Waals surface area (Å²) in [6.07, 6.45) is 8.99. The standard InChI is InChI=1S/C27H35BrN4O5/c1-2-14-31-19-21(18-22(28)20-31)25(33)32(24-11-7-4-8-12-24)15-17-37-26(34)29-13-16-36-27(35)30-23-9-5-3-6-10-23/h4,7-8,11-12,18-20,23H,2-3,5-6,9-10,13-17H2,1H3,(H-,29,30,34,35)/p+1. The topological polar surface area (TPSA) is 101 Å². The Morgan fingerprint density at radius 2 is 1.76 bits per heavy atom. The van der Waals surface area contributed by atoms with Crippen molar-refractivity contribution in [2.45, 2.75) is 58.0 Å². The van der Waals surface area contributed by atoms with Crippen molar-refractivity contribution in [3.8, 4) is 0 Å². The first kappa shape index (κ1) is 28.4. The zero-order chi connectivity index (χ0) is 26.5. The molecule has 0 bridgehead atoms. The third-order valence-corrected chi connectivity index (χ3v) is 6.44. The number of ether oxygens (including phenoxy) is 2. The lowest BCUT2D eigenvalue weighted by molar-refractivity contribution is -0.697. The van der Waals surface area contributed by atoms with Gasteiger partial charge in [0.05, 0.1) is 17.6 Å². The molecule has 1 aliphatic carbocycles. The number of carbonyl (C=O) groups is 3. The number of carbonyl (C=O) groups excluding carboxylic acids is 3. The SMILES string of the molecule is CCC[n+]1cc(Br)cc(C(=O)N(CCOC(=O)NCCOC(=O)NC2CCCCC2)c2ccccc2)c1. The number of hydrogen-bond acceptors (Lipinski definition) is 5. The third kappa shape index (κ3) is 9.68. The van der Waals surface area contributed by atoms with E-state index in [1.807, 2.05) is 47.3 Å². The molecule has 3 amide bonds. The van der Waals surface area contributed by atoms with Gasteiger partial charge >= 0.3 is 12.2 Å². The average molecular weight is 577 g/mol. The second-order valence-corrected chi connectivity index (χ2v) is 9.87. The van der Waals surface area contributed by atoms with Crippen molar-refractivity contribution in [3.63, 3.8) is 0 Å². The van der Waals surface area contributed by atoms with Gasteiger partial charge in [0.25, 0.3) is 5.91 Å². The fourth-order valence-electron chi connectivity index (χ4n) is 4.25. The van der Waals surface area contributed by atoms with Crippen LogP contribution in [0.2, 0.25) is 0 Å². The molecule has 1 heterocycles. The van der Waals surface area contributed by atoms with E-state index >= 15 is 0 Å². The van der Waals surface area contributed by atoms with Crippen LogP contribution < -0.4 is 20.1 Å². The molecule has 0 spiro atoms. The number of nitrogens with zero attached hydrogens (tertiary/aromatic N) is 2. The van der Waals surface area contributed by atoms with Crippen LogP contribution in [0.3, 0.4) is 0 Å². The van der Waals surface area contributed by atoms with Crippen LogP contribution in [-0.2, 0) is 16.0 Å². The quantitative estimate of drug-likeness (QED) is 0.302. The molecule has 2 aromatic rings. The number of nitrogens with one attached hydrogen (secondary N) is 2. The second-order valence-electron chi connectivity index (χ2n) is 8.95. The minimum Gasteiger partial charge on any atom is -0.448 e. The van der Waals surface area contributed by atoms with Crippen LogP contribution in [-0.4, -0.2) is 50.4 Å². The van der Waals surface area contributed by atoms with Crippen molar-refractivity contribution in [1.29, 1.82) is 0 Å². The molecule has 1 saturated carbocycles. The maximum Gasteiger partial charge on any atom is 0.407 e. The first-order valence-electron chi connectivity index (χ1n) is 12.9. The first-order valence-corrected chi connectivity index (χ1v) is 13.7. The Morgan fingerprint density at radius 3 is 2.49 bits per heavy atom. The van der Waals surface area contributed by atoms with E-state index in [2.05, 4.69) is 33.5 Å². The van der Waals surface area contributed by atoms with Gasteiger partial charge in [0, 0.05) is 18.2 Å². The zero-order valence-corrected chi connectivity index (χ0v) is 22.9. The van der Waals surface area contributed by atoms with Crippen molar-refractivity contribution < 1.29 is 28.4 Å². The summed E-state index contributed by atoms with van der Waals surface area (Å²) >= 11 is 3.49. The van der Waals surface area contributed by atoms with Gasteiger partial charge in [0.1, 0.15) is 25.3 Å². The van der Waals surface area contributed by atoms with Crippen LogP contribution in [0.15, 0.2) is 53.3 Å². The van der Waals surface area contributed by atoms with Gasteiger partial charge in [-0.15, -0.1) is 0 Å². The molecule has 2 N–H and O–H groups in total. The predicted octanol–water partition coefficient (Wildman–Crippen LogP) is 4.58. The Bertz CT molecular complexity index is 1030. The van der Waals surface area contributed by atoms with E-state index in [-0.39, 0.29) is 38.3 Å². The molecule has 3 rings (SSSR count). The van der Waals surface area contributed by atoms with Crippen LogP contribution >= 0.6 is 15.9 Å². The molecule has 1 fully saturated rings. The number of halogens is 1. The highest BCUT2D eigenvalue weighted by molar-refractivity contribution is 9.10. The molecule has 0 unspecified atom stereocenters. The molecular formula is C27H36BrN4O5+. The maximum absolute atomic E-state index is 13.4. The molecule has 1 aromatic heterocycles. The number of anilines is 1. The summed E-state index contributed by atoms with van der Waals surface area (Å²) in [4.78, 5) is 39.0. The monoisotopic (exact) mass is 575 g/mol. The normalized spacial score (nSPS) is 13.5. The van der Waals surface area contributed by atoms with Gasteiger partial charge in [0.2, 0.25) is 0 Å². The minimum atomic E-state index is -0.639. The number of amides is 3. The summed E-state index contributed by atoms with van der Waals surface area (Å²) < 4.78 is 13.2. The summed E-state index contributed by atoms with van der Waals surface area (Å²) in [5.74, 6) is -0.196.